The van der Waals surface area contributed by atoms with Crippen molar-refractivity contribution in [2.24, 2.45) is 0 Å². The Morgan fingerprint density at radius 2 is 1.95 bits per heavy atom. The molecule has 1 unspecified atom stereocenters. The van der Waals surface area contributed by atoms with Crippen LogP contribution < -0.4 is 5.32 Å². The van der Waals surface area contributed by atoms with Crippen LogP contribution in [0.1, 0.15) is 29.9 Å². The molecule has 0 fully saturated rings. The first-order chi connectivity index (χ1) is 9.95. The highest BCUT2D eigenvalue weighted by molar-refractivity contribution is 8.02. The van der Waals surface area contributed by atoms with Crippen molar-refractivity contribution in [3.63, 3.8) is 0 Å². The number of hydrogen-bond donors (Lipinski definition) is 1. The van der Waals surface area contributed by atoms with Crippen LogP contribution in [-0.2, 0) is 4.79 Å². The Kier molecular flexibility index (Phi) is 5.14. The topological polar surface area (TPSA) is 59.1 Å². The third-order valence-electron chi connectivity index (χ3n) is 2.73. The minimum Gasteiger partial charge on any atom is -0.326 e. The monoisotopic (exact) mass is 320 g/mol. The molecule has 1 heterocycles. The molecule has 0 saturated heterocycles. The maximum absolute atomic E-state index is 12.4. The number of Topliss-reactive ketones (excluding diaryl/α,β-unsaturated/α-hetero) is 1. The van der Waals surface area contributed by atoms with E-state index in [4.69, 9.17) is 0 Å². The molecule has 6 heteroatoms. The Labute approximate surface area is 132 Å². The largest absolute Gasteiger partial charge is 0.326 e. The summed E-state index contributed by atoms with van der Waals surface area (Å²) < 4.78 is 0.906. The Hall–Kier alpha value is -1.66. The fourth-order valence-corrected chi connectivity index (χ4v) is 3.81. The summed E-state index contributed by atoms with van der Waals surface area (Å²) in [7, 11) is 0. The number of carbonyl (C=O) groups is 2. The molecule has 21 heavy (non-hydrogen) atoms. The minimum absolute atomic E-state index is 0.0576. The first-order valence-corrected chi connectivity index (χ1v) is 8.22. The molecule has 1 aromatic heterocycles. The van der Waals surface area contributed by atoms with Crippen LogP contribution in [0.5, 0.6) is 0 Å². The first kappa shape index (κ1) is 15.7. The molecule has 1 atom stereocenters. The average molecular weight is 320 g/mol. The second-order valence-electron chi connectivity index (χ2n) is 4.64. The van der Waals surface area contributed by atoms with Crippen LogP contribution in [-0.4, -0.2) is 21.9 Å². The molecular formula is C15H16N2O2S2. The summed E-state index contributed by atoms with van der Waals surface area (Å²) in [5.74, 6) is -0.0700. The van der Waals surface area contributed by atoms with Gasteiger partial charge in [0.25, 0.3) is 0 Å². The van der Waals surface area contributed by atoms with Crippen LogP contribution >= 0.6 is 23.1 Å². The summed E-state index contributed by atoms with van der Waals surface area (Å²) in [5, 5.41) is 4.46. The van der Waals surface area contributed by atoms with Gasteiger partial charge in [0.1, 0.15) is 0 Å². The van der Waals surface area contributed by atoms with Crippen molar-refractivity contribution in [2.75, 3.05) is 5.32 Å². The van der Waals surface area contributed by atoms with Gasteiger partial charge in [-0.25, -0.2) is 4.98 Å². The van der Waals surface area contributed by atoms with E-state index in [2.05, 4.69) is 10.3 Å². The fraction of sp³-hybridized carbons (Fsp3) is 0.267. The van der Waals surface area contributed by atoms with Crippen molar-refractivity contribution in [1.29, 1.82) is 0 Å². The van der Waals surface area contributed by atoms with Gasteiger partial charge in [0.05, 0.1) is 5.25 Å². The molecule has 110 valence electrons. The van der Waals surface area contributed by atoms with Crippen molar-refractivity contribution >= 4 is 40.5 Å². The highest BCUT2D eigenvalue weighted by Gasteiger charge is 2.18. The van der Waals surface area contributed by atoms with Crippen LogP contribution in [0.15, 0.2) is 34.0 Å². The van der Waals surface area contributed by atoms with Gasteiger partial charge in [-0.3, -0.25) is 9.59 Å². The number of amides is 1. The SMILES string of the molecule is CC(=O)Nc1ccc(C(=O)C(C)Sc2nc(C)cs2)cc1. The van der Waals surface area contributed by atoms with Crippen LogP contribution in [0.25, 0.3) is 0 Å². The van der Waals surface area contributed by atoms with Crippen molar-refractivity contribution < 1.29 is 9.59 Å². The summed E-state index contributed by atoms with van der Waals surface area (Å²) >= 11 is 3.02. The summed E-state index contributed by atoms with van der Waals surface area (Å²) in [5.41, 5.74) is 2.30. The lowest BCUT2D eigenvalue weighted by Gasteiger charge is -2.09. The van der Waals surface area contributed by atoms with Crippen molar-refractivity contribution in [2.45, 2.75) is 30.4 Å². The first-order valence-electron chi connectivity index (χ1n) is 6.46. The lowest BCUT2D eigenvalue weighted by atomic mass is 10.1. The number of thioether (sulfide) groups is 1. The minimum atomic E-state index is -0.192. The van der Waals surface area contributed by atoms with Crippen molar-refractivity contribution in [3.8, 4) is 0 Å². The number of benzene rings is 1. The Bertz CT molecular complexity index is 650. The van der Waals surface area contributed by atoms with E-state index in [1.165, 1.54) is 18.7 Å². The average Bonchev–Trinajstić information content (AvgIpc) is 2.83. The van der Waals surface area contributed by atoms with Gasteiger partial charge in [-0.1, -0.05) is 11.8 Å². The zero-order valence-corrected chi connectivity index (χ0v) is 13.7. The summed E-state index contributed by atoms with van der Waals surface area (Å²) in [6.07, 6.45) is 0. The van der Waals surface area contributed by atoms with E-state index >= 15 is 0 Å². The molecule has 1 N–H and O–H groups in total. The van der Waals surface area contributed by atoms with Gasteiger partial charge in [0.2, 0.25) is 5.91 Å². The van der Waals surface area contributed by atoms with E-state index in [0.29, 0.717) is 11.3 Å². The lowest BCUT2D eigenvalue weighted by molar-refractivity contribution is -0.114. The van der Waals surface area contributed by atoms with Crippen LogP contribution in [0.4, 0.5) is 5.69 Å². The molecule has 0 aliphatic carbocycles. The van der Waals surface area contributed by atoms with Crippen LogP contribution in [0.2, 0.25) is 0 Å². The number of hydrogen-bond acceptors (Lipinski definition) is 5. The van der Waals surface area contributed by atoms with E-state index in [9.17, 15) is 9.59 Å². The summed E-state index contributed by atoms with van der Waals surface area (Å²) in [6, 6.07) is 6.94. The van der Waals surface area contributed by atoms with Gasteiger partial charge in [0.15, 0.2) is 10.1 Å². The molecule has 0 aliphatic rings. The number of rotatable bonds is 5. The van der Waals surface area contributed by atoms with Crippen LogP contribution in [0.3, 0.4) is 0 Å². The van der Waals surface area contributed by atoms with E-state index < -0.39 is 0 Å². The number of aryl methyl sites for hydroxylation is 1. The number of nitrogens with one attached hydrogen (secondary N) is 1. The molecular weight excluding hydrogens is 304 g/mol. The number of carbonyl (C=O) groups excluding carboxylic acids is 2. The normalized spacial score (nSPS) is 12.0. The van der Waals surface area contributed by atoms with Crippen LogP contribution in [0, 0.1) is 6.92 Å². The molecule has 0 aliphatic heterocycles. The second kappa shape index (κ2) is 6.87. The van der Waals surface area contributed by atoms with Gasteiger partial charge in [-0.15, -0.1) is 11.3 Å². The number of nitrogens with zero attached hydrogens (tertiary/aromatic N) is 1. The number of thiazole rings is 1. The third kappa shape index (κ3) is 4.41. The molecule has 0 spiro atoms. The van der Waals surface area contributed by atoms with E-state index in [1.807, 2.05) is 19.2 Å². The fourth-order valence-electron chi connectivity index (χ4n) is 1.75. The Morgan fingerprint density at radius 1 is 1.29 bits per heavy atom. The highest BCUT2D eigenvalue weighted by Crippen LogP contribution is 2.28. The molecule has 4 nitrogen and oxygen atoms in total. The molecule has 1 amide bonds. The predicted octanol–water partition coefficient (Wildman–Crippen LogP) is 3.77. The number of aromatic nitrogens is 1. The summed E-state index contributed by atoms with van der Waals surface area (Å²) in [4.78, 5) is 27.7. The van der Waals surface area contributed by atoms with Gasteiger partial charge >= 0.3 is 0 Å². The number of anilines is 1. The van der Waals surface area contributed by atoms with E-state index in [0.717, 1.165) is 10.0 Å². The smallest absolute Gasteiger partial charge is 0.221 e. The van der Waals surface area contributed by atoms with Gasteiger partial charge < -0.3 is 5.32 Å². The van der Waals surface area contributed by atoms with Crippen molar-refractivity contribution in [3.05, 3.63) is 40.9 Å². The predicted molar refractivity (Wildman–Crippen MR) is 87.2 cm³/mol. The number of ketones is 1. The quantitative estimate of drug-likeness (QED) is 0.673. The van der Waals surface area contributed by atoms with E-state index in [-0.39, 0.29) is 16.9 Å². The molecule has 0 saturated carbocycles. The van der Waals surface area contributed by atoms with Gasteiger partial charge in [0, 0.05) is 29.2 Å². The van der Waals surface area contributed by atoms with Crippen molar-refractivity contribution in [1.82, 2.24) is 4.98 Å². The molecule has 2 aromatic rings. The molecule has 0 radical (unpaired) electrons. The Balaban J connectivity index is 2.03. The van der Waals surface area contributed by atoms with E-state index in [1.54, 1.807) is 35.6 Å². The molecule has 1 aromatic carbocycles. The zero-order valence-electron chi connectivity index (χ0n) is 12.0. The van der Waals surface area contributed by atoms with Gasteiger partial charge in [-0.2, -0.15) is 0 Å². The maximum Gasteiger partial charge on any atom is 0.221 e. The second-order valence-corrected chi connectivity index (χ2v) is 7.08. The highest BCUT2D eigenvalue weighted by atomic mass is 32.2. The molecule has 0 bridgehead atoms. The lowest BCUT2D eigenvalue weighted by Crippen LogP contribution is -2.13. The standard InChI is InChI=1S/C15H16N2O2S2/c1-9-8-20-15(16-9)21-10(2)14(19)12-4-6-13(7-5-12)17-11(3)18/h4-8,10H,1-3H3,(H,17,18). The van der Waals surface area contributed by atoms with Gasteiger partial charge in [-0.05, 0) is 38.1 Å². The summed E-state index contributed by atoms with van der Waals surface area (Å²) in [6.45, 7) is 5.27. The maximum atomic E-state index is 12.4. The zero-order chi connectivity index (χ0) is 15.4. The molecule has 2 rings (SSSR count). The Morgan fingerprint density at radius 3 is 2.48 bits per heavy atom. The third-order valence-corrected chi connectivity index (χ3v) is 4.92.